The third-order valence-electron chi connectivity index (χ3n) is 3.19. The summed E-state index contributed by atoms with van der Waals surface area (Å²) in [5.41, 5.74) is 0.841. The van der Waals surface area contributed by atoms with Gasteiger partial charge >= 0.3 is 0 Å². The molecule has 0 saturated carbocycles. The zero-order chi connectivity index (χ0) is 12.8. The van der Waals surface area contributed by atoms with Crippen LogP contribution in [-0.2, 0) is 4.74 Å². The van der Waals surface area contributed by atoms with Gasteiger partial charge in [0.1, 0.15) is 5.69 Å². The Bertz CT molecular complexity index is 367. The van der Waals surface area contributed by atoms with E-state index in [9.17, 15) is 0 Å². The molecule has 100 valence electrons. The summed E-state index contributed by atoms with van der Waals surface area (Å²) in [7, 11) is 1.62. The van der Waals surface area contributed by atoms with Gasteiger partial charge in [-0.05, 0) is 25.8 Å². The fourth-order valence-corrected chi connectivity index (χ4v) is 2.36. The number of rotatable bonds is 5. The van der Waals surface area contributed by atoms with Crippen molar-refractivity contribution in [2.24, 2.45) is 0 Å². The molecule has 5 heteroatoms. The highest BCUT2D eigenvalue weighted by Crippen LogP contribution is 2.29. The second-order valence-electron chi connectivity index (χ2n) is 4.39. The molecular formula is C13H21N3O2. The quantitative estimate of drug-likeness (QED) is 0.863. The van der Waals surface area contributed by atoms with Gasteiger partial charge < -0.3 is 14.8 Å². The lowest BCUT2D eigenvalue weighted by atomic mass is 9.99. The molecule has 1 aliphatic heterocycles. The fraction of sp³-hybridized carbons (Fsp3) is 0.692. The smallest absolute Gasteiger partial charge is 0.237 e. The van der Waals surface area contributed by atoms with Crippen molar-refractivity contribution in [3.8, 4) is 5.88 Å². The third kappa shape index (κ3) is 2.97. The van der Waals surface area contributed by atoms with Crippen LogP contribution in [0.2, 0.25) is 0 Å². The van der Waals surface area contributed by atoms with E-state index < -0.39 is 0 Å². The summed E-state index contributed by atoms with van der Waals surface area (Å²) in [5, 5.41) is 3.44. The van der Waals surface area contributed by atoms with Crippen LogP contribution < -0.4 is 10.1 Å². The lowest BCUT2D eigenvalue weighted by molar-refractivity contribution is -0.00935. The summed E-state index contributed by atoms with van der Waals surface area (Å²) >= 11 is 0. The molecule has 1 fully saturated rings. The molecule has 0 aliphatic carbocycles. The van der Waals surface area contributed by atoms with Crippen molar-refractivity contribution in [1.82, 2.24) is 15.3 Å². The monoisotopic (exact) mass is 251 g/mol. The minimum Gasteiger partial charge on any atom is -0.480 e. The Kier molecular flexibility index (Phi) is 4.90. The second kappa shape index (κ2) is 6.66. The summed E-state index contributed by atoms with van der Waals surface area (Å²) in [6, 6.07) is 0.0546. The first-order valence-electron chi connectivity index (χ1n) is 6.56. The summed E-state index contributed by atoms with van der Waals surface area (Å²) in [4.78, 5) is 8.63. The molecule has 1 saturated heterocycles. The zero-order valence-electron chi connectivity index (χ0n) is 11.1. The molecule has 18 heavy (non-hydrogen) atoms. The van der Waals surface area contributed by atoms with E-state index in [-0.39, 0.29) is 12.1 Å². The maximum absolute atomic E-state index is 5.86. The van der Waals surface area contributed by atoms with E-state index in [0.29, 0.717) is 5.88 Å². The first-order valence-corrected chi connectivity index (χ1v) is 6.56. The predicted molar refractivity (Wildman–Crippen MR) is 68.6 cm³/mol. The molecule has 1 aromatic rings. The van der Waals surface area contributed by atoms with Crippen LogP contribution in [0.4, 0.5) is 0 Å². The van der Waals surface area contributed by atoms with Gasteiger partial charge in [-0.1, -0.05) is 6.92 Å². The number of hydrogen-bond acceptors (Lipinski definition) is 5. The maximum atomic E-state index is 5.86. The van der Waals surface area contributed by atoms with Crippen LogP contribution in [0.3, 0.4) is 0 Å². The number of ether oxygens (including phenoxy) is 2. The lowest BCUT2D eigenvalue weighted by Gasteiger charge is -2.30. The van der Waals surface area contributed by atoms with Gasteiger partial charge in [-0.15, -0.1) is 0 Å². The molecule has 0 bridgehead atoms. The Morgan fingerprint density at radius 1 is 1.44 bits per heavy atom. The van der Waals surface area contributed by atoms with Crippen LogP contribution in [0.25, 0.3) is 0 Å². The standard InChI is InChI=1S/C13H21N3O2/c1-3-14-11(10-6-4-5-9-18-10)12-13(17-2)16-8-7-15-12/h7-8,10-11,14H,3-6,9H2,1-2H3. The Labute approximate surface area is 108 Å². The molecule has 2 atom stereocenters. The summed E-state index contributed by atoms with van der Waals surface area (Å²) in [5.74, 6) is 0.581. The van der Waals surface area contributed by atoms with Crippen molar-refractivity contribution in [2.45, 2.75) is 38.3 Å². The van der Waals surface area contributed by atoms with E-state index in [2.05, 4.69) is 22.2 Å². The Morgan fingerprint density at radius 3 is 2.94 bits per heavy atom. The molecule has 2 unspecified atom stereocenters. The summed E-state index contributed by atoms with van der Waals surface area (Å²) in [6.45, 7) is 3.78. The maximum Gasteiger partial charge on any atom is 0.237 e. The number of hydrogen-bond donors (Lipinski definition) is 1. The highest BCUT2D eigenvalue weighted by atomic mass is 16.5. The van der Waals surface area contributed by atoms with Crippen LogP contribution in [0.1, 0.15) is 37.9 Å². The largest absolute Gasteiger partial charge is 0.480 e. The molecule has 2 rings (SSSR count). The summed E-state index contributed by atoms with van der Waals surface area (Å²) < 4.78 is 11.2. The van der Waals surface area contributed by atoms with Crippen molar-refractivity contribution in [2.75, 3.05) is 20.3 Å². The zero-order valence-corrected chi connectivity index (χ0v) is 11.1. The van der Waals surface area contributed by atoms with Crippen LogP contribution in [-0.4, -0.2) is 36.3 Å². The third-order valence-corrected chi connectivity index (χ3v) is 3.19. The molecule has 0 spiro atoms. The van der Waals surface area contributed by atoms with Crippen molar-refractivity contribution in [1.29, 1.82) is 0 Å². The molecule has 0 aromatic carbocycles. The van der Waals surface area contributed by atoms with E-state index in [1.165, 1.54) is 6.42 Å². The van der Waals surface area contributed by atoms with Crippen molar-refractivity contribution >= 4 is 0 Å². The number of methoxy groups -OCH3 is 1. The molecule has 1 N–H and O–H groups in total. The summed E-state index contributed by atoms with van der Waals surface area (Å²) in [6.07, 6.45) is 6.90. The van der Waals surface area contributed by atoms with Gasteiger partial charge in [0.15, 0.2) is 0 Å². The minimum absolute atomic E-state index is 0.0546. The molecule has 5 nitrogen and oxygen atoms in total. The molecule has 2 heterocycles. The van der Waals surface area contributed by atoms with Gasteiger partial charge in [-0.25, -0.2) is 4.98 Å². The van der Waals surface area contributed by atoms with Gasteiger partial charge in [0.25, 0.3) is 0 Å². The Hall–Kier alpha value is -1.20. The molecule has 0 radical (unpaired) electrons. The highest BCUT2D eigenvalue weighted by molar-refractivity contribution is 5.22. The van der Waals surface area contributed by atoms with Crippen LogP contribution in [0.15, 0.2) is 12.4 Å². The SMILES string of the molecule is CCNC(c1nccnc1OC)C1CCCCO1. The van der Waals surface area contributed by atoms with Crippen molar-refractivity contribution in [3.63, 3.8) is 0 Å². The molecular weight excluding hydrogens is 230 g/mol. The average Bonchev–Trinajstić information content (AvgIpc) is 2.46. The van der Waals surface area contributed by atoms with E-state index in [1.54, 1.807) is 19.5 Å². The normalized spacial score (nSPS) is 21.6. The first-order chi connectivity index (χ1) is 8.86. The minimum atomic E-state index is 0.0546. The van der Waals surface area contributed by atoms with Gasteiger partial charge in [0.2, 0.25) is 5.88 Å². The van der Waals surface area contributed by atoms with Gasteiger partial charge in [-0.3, -0.25) is 4.98 Å². The molecule has 1 aromatic heterocycles. The number of likely N-dealkylation sites (N-methyl/N-ethyl adjacent to an activating group) is 1. The van der Waals surface area contributed by atoms with Crippen LogP contribution >= 0.6 is 0 Å². The Morgan fingerprint density at radius 2 is 2.28 bits per heavy atom. The van der Waals surface area contributed by atoms with E-state index in [4.69, 9.17) is 9.47 Å². The first kappa shape index (κ1) is 13.2. The number of nitrogens with zero attached hydrogens (tertiary/aromatic N) is 2. The second-order valence-corrected chi connectivity index (χ2v) is 4.39. The fourth-order valence-electron chi connectivity index (χ4n) is 2.36. The van der Waals surface area contributed by atoms with Gasteiger partial charge in [0, 0.05) is 19.0 Å². The lowest BCUT2D eigenvalue weighted by Crippen LogP contribution is -2.36. The number of aromatic nitrogens is 2. The van der Waals surface area contributed by atoms with Crippen molar-refractivity contribution < 1.29 is 9.47 Å². The van der Waals surface area contributed by atoms with E-state index in [1.807, 2.05) is 0 Å². The van der Waals surface area contributed by atoms with Crippen molar-refractivity contribution in [3.05, 3.63) is 18.1 Å². The van der Waals surface area contributed by atoms with E-state index in [0.717, 1.165) is 31.7 Å². The number of nitrogens with one attached hydrogen (secondary N) is 1. The predicted octanol–water partition coefficient (Wildman–Crippen LogP) is 1.70. The average molecular weight is 251 g/mol. The van der Waals surface area contributed by atoms with Crippen LogP contribution in [0, 0.1) is 0 Å². The van der Waals surface area contributed by atoms with E-state index >= 15 is 0 Å². The van der Waals surface area contributed by atoms with Gasteiger partial charge in [0.05, 0.1) is 19.3 Å². The van der Waals surface area contributed by atoms with Gasteiger partial charge in [-0.2, -0.15) is 0 Å². The highest BCUT2D eigenvalue weighted by Gasteiger charge is 2.29. The molecule has 0 amide bonds. The Balaban J connectivity index is 2.22. The molecule has 1 aliphatic rings. The topological polar surface area (TPSA) is 56.3 Å². The van der Waals surface area contributed by atoms with Crippen LogP contribution in [0.5, 0.6) is 5.88 Å².